The van der Waals surface area contributed by atoms with Crippen LogP contribution in [-0.2, 0) is 13.0 Å². The lowest BCUT2D eigenvalue weighted by atomic mass is 10.0. The lowest BCUT2D eigenvalue weighted by Gasteiger charge is -2.05. The number of rotatable bonds is 17. The molecule has 0 heterocycles. The summed E-state index contributed by atoms with van der Waals surface area (Å²) >= 11 is 0. The predicted molar refractivity (Wildman–Crippen MR) is 124 cm³/mol. The fraction of sp³-hybridized carbons (Fsp3) is 0.556. The molecule has 0 aliphatic heterocycles. The van der Waals surface area contributed by atoms with Gasteiger partial charge in [-0.05, 0) is 36.9 Å². The average Bonchev–Trinajstić information content (AvgIpc) is 2.75. The van der Waals surface area contributed by atoms with E-state index in [1.54, 1.807) is 0 Å². The third-order valence-electron chi connectivity index (χ3n) is 5.58. The third kappa shape index (κ3) is 12.0. The predicted octanol–water partition coefficient (Wildman–Crippen LogP) is 7.70. The zero-order valence-electron chi connectivity index (χ0n) is 17.9. The van der Waals surface area contributed by atoms with Crippen LogP contribution in [0, 0.1) is 0 Å². The summed E-state index contributed by atoms with van der Waals surface area (Å²) in [6.07, 6.45) is 18.1. The lowest BCUT2D eigenvalue weighted by Crippen LogP contribution is -2.14. The molecule has 0 fully saturated rings. The molecular formula is C27H41N. The second-order valence-electron chi connectivity index (χ2n) is 8.14. The van der Waals surface area contributed by atoms with Crippen LogP contribution >= 0.6 is 0 Å². The van der Waals surface area contributed by atoms with Gasteiger partial charge in [0.1, 0.15) is 0 Å². The normalized spacial score (nSPS) is 11.0. The maximum absolute atomic E-state index is 3.55. The molecule has 0 aliphatic carbocycles. The monoisotopic (exact) mass is 379 g/mol. The van der Waals surface area contributed by atoms with Crippen LogP contribution in [0.25, 0.3) is 0 Å². The molecular weight excluding hydrogens is 338 g/mol. The number of hydrogen-bond donors (Lipinski definition) is 1. The van der Waals surface area contributed by atoms with Gasteiger partial charge in [0.15, 0.2) is 0 Å². The van der Waals surface area contributed by atoms with Crippen molar-refractivity contribution >= 4 is 0 Å². The van der Waals surface area contributed by atoms with Crippen molar-refractivity contribution in [3.05, 3.63) is 71.8 Å². The van der Waals surface area contributed by atoms with Gasteiger partial charge >= 0.3 is 0 Å². The average molecular weight is 380 g/mol. The molecule has 1 heteroatoms. The number of hydrogen-bond acceptors (Lipinski definition) is 1. The Morgan fingerprint density at radius 2 is 0.857 bits per heavy atom. The van der Waals surface area contributed by atoms with Crippen LogP contribution in [0.4, 0.5) is 0 Å². The number of aryl methyl sites for hydroxylation is 1. The molecule has 1 N–H and O–H groups in total. The van der Waals surface area contributed by atoms with Crippen molar-refractivity contribution in [2.75, 3.05) is 6.54 Å². The fourth-order valence-electron chi connectivity index (χ4n) is 3.82. The van der Waals surface area contributed by atoms with Crippen molar-refractivity contribution in [2.45, 2.75) is 90.0 Å². The van der Waals surface area contributed by atoms with Crippen molar-refractivity contribution in [3.8, 4) is 0 Å². The van der Waals surface area contributed by atoms with E-state index in [0.29, 0.717) is 0 Å². The smallest absolute Gasteiger partial charge is 0.0205 e. The van der Waals surface area contributed by atoms with Crippen LogP contribution < -0.4 is 5.32 Å². The van der Waals surface area contributed by atoms with Gasteiger partial charge in [0.05, 0.1) is 0 Å². The van der Waals surface area contributed by atoms with E-state index in [2.05, 4.69) is 66.0 Å². The largest absolute Gasteiger partial charge is 0.313 e. The molecule has 0 saturated carbocycles. The summed E-state index contributed by atoms with van der Waals surface area (Å²) in [5.41, 5.74) is 2.88. The second kappa shape index (κ2) is 16.4. The minimum Gasteiger partial charge on any atom is -0.313 e. The zero-order chi connectivity index (χ0) is 19.5. The Labute approximate surface area is 174 Å². The van der Waals surface area contributed by atoms with Crippen molar-refractivity contribution in [1.29, 1.82) is 0 Å². The van der Waals surface area contributed by atoms with Gasteiger partial charge in [-0.3, -0.25) is 0 Å². The highest BCUT2D eigenvalue weighted by molar-refractivity contribution is 5.15. The van der Waals surface area contributed by atoms with E-state index in [1.807, 2.05) is 0 Å². The van der Waals surface area contributed by atoms with E-state index < -0.39 is 0 Å². The molecule has 28 heavy (non-hydrogen) atoms. The summed E-state index contributed by atoms with van der Waals surface area (Å²) in [4.78, 5) is 0. The fourth-order valence-corrected chi connectivity index (χ4v) is 3.82. The molecule has 2 rings (SSSR count). The van der Waals surface area contributed by atoms with E-state index in [-0.39, 0.29) is 0 Å². The summed E-state index contributed by atoms with van der Waals surface area (Å²) in [7, 11) is 0. The SMILES string of the molecule is c1ccc(CCCCCCCCCCCCCCNCc2ccccc2)cc1. The quantitative estimate of drug-likeness (QED) is 0.278. The van der Waals surface area contributed by atoms with E-state index in [1.165, 1.54) is 94.6 Å². The van der Waals surface area contributed by atoms with Crippen LogP contribution in [0.15, 0.2) is 60.7 Å². The Bertz CT molecular complexity index is 510. The molecule has 0 saturated heterocycles. The van der Waals surface area contributed by atoms with Crippen LogP contribution in [0.5, 0.6) is 0 Å². The molecule has 1 nitrogen and oxygen atoms in total. The summed E-state index contributed by atoms with van der Waals surface area (Å²) in [5.74, 6) is 0. The van der Waals surface area contributed by atoms with Gasteiger partial charge in [-0.15, -0.1) is 0 Å². The third-order valence-corrected chi connectivity index (χ3v) is 5.58. The highest BCUT2D eigenvalue weighted by atomic mass is 14.8. The Hall–Kier alpha value is -1.60. The van der Waals surface area contributed by atoms with Crippen molar-refractivity contribution in [3.63, 3.8) is 0 Å². The molecule has 0 spiro atoms. The highest BCUT2D eigenvalue weighted by Gasteiger charge is 1.96. The van der Waals surface area contributed by atoms with Gasteiger partial charge in [-0.2, -0.15) is 0 Å². The summed E-state index contributed by atoms with van der Waals surface area (Å²) in [6.45, 7) is 2.16. The molecule has 0 radical (unpaired) electrons. The van der Waals surface area contributed by atoms with Crippen LogP contribution in [0.1, 0.15) is 88.2 Å². The maximum atomic E-state index is 3.55. The van der Waals surface area contributed by atoms with Gasteiger partial charge in [0, 0.05) is 6.54 Å². The van der Waals surface area contributed by atoms with Gasteiger partial charge in [0.2, 0.25) is 0 Å². The van der Waals surface area contributed by atoms with Crippen molar-refractivity contribution in [2.24, 2.45) is 0 Å². The molecule has 154 valence electrons. The van der Waals surface area contributed by atoms with Gasteiger partial charge in [-0.1, -0.05) is 125 Å². The number of unbranched alkanes of at least 4 members (excludes halogenated alkanes) is 11. The molecule has 0 unspecified atom stereocenters. The minimum absolute atomic E-state index is 1.01. The Morgan fingerprint density at radius 1 is 0.429 bits per heavy atom. The Balaban J connectivity index is 1.25. The minimum atomic E-state index is 1.01. The summed E-state index contributed by atoms with van der Waals surface area (Å²) in [5, 5.41) is 3.55. The van der Waals surface area contributed by atoms with Gasteiger partial charge in [-0.25, -0.2) is 0 Å². The highest BCUT2D eigenvalue weighted by Crippen LogP contribution is 2.13. The zero-order valence-corrected chi connectivity index (χ0v) is 17.9. The molecule has 2 aromatic rings. The summed E-state index contributed by atoms with van der Waals surface area (Å²) < 4.78 is 0. The van der Waals surface area contributed by atoms with Crippen LogP contribution in [0.2, 0.25) is 0 Å². The number of nitrogens with one attached hydrogen (secondary N) is 1. The first-order valence-electron chi connectivity index (χ1n) is 11.7. The number of benzene rings is 2. The molecule has 0 bridgehead atoms. The van der Waals surface area contributed by atoms with Crippen molar-refractivity contribution < 1.29 is 0 Å². The van der Waals surface area contributed by atoms with E-state index in [4.69, 9.17) is 0 Å². The first-order chi connectivity index (χ1) is 13.9. The molecule has 0 aliphatic rings. The van der Waals surface area contributed by atoms with Crippen LogP contribution in [0.3, 0.4) is 0 Å². The molecule has 0 aromatic heterocycles. The van der Waals surface area contributed by atoms with Gasteiger partial charge < -0.3 is 5.32 Å². The molecule has 2 aromatic carbocycles. The maximum Gasteiger partial charge on any atom is 0.0205 e. The first kappa shape index (κ1) is 22.7. The van der Waals surface area contributed by atoms with Gasteiger partial charge in [0.25, 0.3) is 0 Å². The van der Waals surface area contributed by atoms with E-state index in [9.17, 15) is 0 Å². The summed E-state index contributed by atoms with van der Waals surface area (Å²) in [6, 6.07) is 21.6. The second-order valence-corrected chi connectivity index (χ2v) is 8.14. The molecule has 0 amide bonds. The molecule has 0 atom stereocenters. The van der Waals surface area contributed by atoms with E-state index in [0.717, 1.165) is 13.1 Å². The standard InChI is InChI=1S/C27H41N/c1(3-5-7-9-13-19-26-20-14-11-15-21-26)2-4-6-8-10-18-24-28-25-27-22-16-12-17-23-27/h11-12,14-17,20-23,28H,1-10,13,18-19,24-25H2. The van der Waals surface area contributed by atoms with Crippen molar-refractivity contribution in [1.82, 2.24) is 5.32 Å². The lowest BCUT2D eigenvalue weighted by molar-refractivity contribution is 0.533. The van der Waals surface area contributed by atoms with Crippen LogP contribution in [-0.4, -0.2) is 6.54 Å². The van der Waals surface area contributed by atoms with E-state index >= 15 is 0 Å². The Morgan fingerprint density at radius 3 is 1.39 bits per heavy atom. The topological polar surface area (TPSA) is 12.0 Å². The Kier molecular flexibility index (Phi) is 13.3. The first-order valence-corrected chi connectivity index (χ1v) is 11.7.